The highest BCUT2D eigenvalue weighted by atomic mass is 19.3. The van der Waals surface area contributed by atoms with Gasteiger partial charge in [0.25, 0.3) is 5.92 Å². The molecule has 2 rings (SSSR count). The SMILES string of the molecule is CC(C)(C)c1ccc([C@H]2[C@H](CO)C2(F)F)cc1. The van der Waals surface area contributed by atoms with E-state index >= 15 is 0 Å². The molecule has 0 saturated heterocycles. The van der Waals surface area contributed by atoms with Gasteiger partial charge in [0.2, 0.25) is 0 Å². The van der Waals surface area contributed by atoms with Crippen molar-refractivity contribution < 1.29 is 13.9 Å². The molecule has 1 aliphatic rings. The highest BCUT2D eigenvalue weighted by Gasteiger charge is 2.68. The Bertz CT molecular complexity index is 403. The van der Waals surface area contributed by atoms with Crippen molar-refractivity contribution in [2.45, 2.75) is 38.0 Å². The van der Waals surface area contributed by atoms with Gasteiger partial charge in [-0.05, 0) is 16.5 Å². The summed E-state index contributed by atoms with van der Waals surface area (Å²) in [6, 6.07) is 7.32. The largest absolute Gasteiger partial charge is 0.396 e. The summed E-state index contributed by atoms with van der Waals surface area (Å²) in [5.74, 6) is -4.44. The van der Waals surface area contributed by atoms with Crippen molar-refractivity contribution in [2.75, 3.05) is 6.61 Å². The topological polar surface area (TPSA) is 20.2 Å². The maximum absolute atomic E-state index is 13.3. The van der Waals surface area contributed by atoms with E-state index in [1.807, 2.05) is 12.1 Å². The first-order chi connectivity index (χ1) is 7.78. The highest BCUT2D eigenvalue weighted by molar-refractivity contribution is 5.36. The number of hydrogen-bond acceptors (Lipinski definition) is 1. The zero-order chi connectivity index (χ0) is 12.8. The zero-order valence-electron chi connectivity index (χ0n) is 10.4. The minimum atomic E-state index is -2.74. The Morgan fingerprint density at radius 2 is 1.71 bits per heavy atom. The van der Waals surface area contributed by atoms with Gasteiger partial charge in [-0.15, -0.1) is 0 Å². The molecule has 1 aliphatic carbocycles. The zero-order valence-corrected chi connectivity index (χ0v) is 10.4. The quantitative estimate of drug-likeness (QED) is 0.840. The Labute approximate surface area is 100 Å². The van der Waals surface area contributed by atoms with E-state index in [0.717, 1.165) is 5.56 Å². The molecule has 3 heteroatoms. The first kappa shape index (κ1) is 12.5. The number of alkyl halides is 2. The Balaban J connectivity index is 2.21. The van der Waals surface area contributed by atoms with Crippen LogP contribution >= 0.6 is 0 Å². The lowest BCUT2D eigenvalue weighted by Gasteiger charge is -2.19. The summed E-state index contributed by atoms with van der Waals surface area (Å²) in [4.78, 5) is 0. The summed E-state index contributed by atoms with van der Waals surface area (Å²) in [7, 11) is 0. The standard InChI is InChI=1S/C14H18F2O/c1-13(2,3)10-6-4-9(5-7-10)12-11(8-17)14(12,15)16/h4-7,11-12,17H,8H2,1-3H3/t11-,12-/m0/s1. The fourth-order valence-corrected chi connectivity index (χ4v) is 2.26. The highest BCUT2D eigenvalue weighted by Crippen LogP contribution is 2.61. The summed E-state index contributed by atoms with van der Waals surface area (Å²) >= 11 is 0. The number of rotatable bonds is 2. The van der Waals surface area contributed by atoms with Crippen LogP contribution in [0.25, 0.3) is 0 Å². The summed E-state index contributed by atoms with van der Waals surface area (Å²) < 4.78 is 26.6. The third kappa shape index (κ3) is 2.08. The van der Waals surface area contributed by atoms with Crippen LogP contribution in [-0.4, -0.2) is 17.6 Å². The molecule has 0 bridgehead atoms. The van der Waals surface area contributed by atoms with Gasteiger partial charge in [0, 0.05) is 0 Å². The van der Waals surface area contributed by atoms with E-state index < -0.39 is 24.4 Å². The van der Waals surface area contributed by atoms with Gasteiger partial charge in [-0.3, -0.25) is 0 Å². The second kappa shape index (κ2) is 3.77. The molecule has 1 N–H and O–H groups in total. The summed E-state index contributed by atoms with van der Waals surface area (Å²) in [5, 5.41) is 8.88. The molecule has 0 aliphatic heterocycles. The number of benzene rings is 1. The minimum Gasteiger partial charge on any atom is -0.396 e. The number of halogens is 2. The smallest absolute Gasteiger partial charge is 0.261 e. The lowest BCUT2D eigenvalue weighted by molar-refractivity contribution is 0.0785. The third-order valence-corrected chi connectivity index (χ3v) is 3.53. The van der Waals surface area contributed by atoms with E-state index in [1.165, 1.54) is 0 Å². The van der Waals surface area contributed by atoms with E-state index in [0.29, 0.717) is 5.56 Å². The van der Waals surface area contributed by atoms with Gasteiger partial charge in [-0.1, -0.05) is 45.0 Å². The lowest BCUT2D eigenvalue weighted by atomic mass is 9.86. The monoisotopic (exact) mass is 240 g/mol. The molecule has 17 heavy (non-hydrogen) atoms. The molecular weight excluding hydrogens is 222 g/mol. The second-order valence-electron chi connectivity index (χ2n) is 5.81. The molecule has 1 saturated carbocycles. The molecule has 1 aromatic rings. The van der Waals surface area contributed by atoms with Crippen molar-refractivity contribution in [1.29, 1.82) is 0 Å². The summed E-state index contributed by atoms with van der Waals surface area (Å²) in [5.41, 5.74) is 1.79. The third-order valence-electron chi connectivity index (χ3n) is 3.53. The molecule has 0 amide bonds. The van der Waals surface area contributed by atoms with Crippen LogP contribution in [0.5, 0.6) is 0 Å². The fraction of sp³-hybridized carbons (Fsp3) is 0.571. The molecule has 94 valence electrons. The predicted molar refractivity (Wildman–Crippen MR) is 63.4 cm³/mol. The van der Waals surface area contributed by atoms with Crippen LogP contribution in [0, 0.1) is 5.92 Å². The minimum absolute atomic E-state index is 0.0287. The van der Waals surface area contributed by atoms with Gasteiger partial charge < -0.3 is 5.11 Å². The maximum Gasteiger partial charge on any atom is 0.261 e. The first-order valence-electron chi connectivity index (χ1n) is 5.87. The van der Waals surface area contributed by atoms with Crippen LogP contribution in [0.4, 0.5) is 8.78 Å². The number of aliphatic hydroxyl groups is 1. The van der Waals surface area contributed by atoms with E-state index in [4.69, 9.17) is 5.11 Å². The van der Waals surface area contributed by atoms with Crippen molar-refractivity contribution in [3.05, 3.63) is 35.4 Å². The fourth-order valence-electron chi connectivity index (χ4n) is 2.26. The summed E-state index contributed by atoms with van der Waals surface area (Å²) in [6.45, 7) is 5.82. The first-order valence-corrected chi connectivity index (χ1v) is 5.87. The molecule has 1 aromatic carbocycles. The average molecular weight is 240 g/mol. The van der Waals surface area contributed by atoms with Gasteiger partial charge >= 0.3 is 0 Å². The number of aliphatic hydroxyl groups excluding tert-OH is 1. The molecular formula is C14H18F2O. The van der Waals surface area contributed by atoms with Crippen LogP contribution in [0.3, 0.4) is 0 Å². The van der Waals surface area contributed by atoms with Gasteiger partial charge in [-0.25, -0.2) is 8.78 Å². The molecule has 0 radical (unpaired) electrons. The normalized spacial score (nSPS) is 26.9. The van der Waals surface area contributed by atoms with Crippen LogP contribution in [-0.2, 0) is 5.41 Å². The molecule has 0 aromatic heterocycles. The second-order valence-corrected chi connectivity index (χ2v) is 5.81. The lowest BCUT2D eigenvalue weighted by Crippen LogP contribution is -2.10. The van der Waals surface area contributed by atoms with E-state index in [9.17, 15) is 8.78 Å². The average Bonchev–Trinajstić information content (AvgIpc) is 2.79. The van der Waals surface area contributed by atoms with Crippen molar-refractivity contribution in [3.8, 4) is 0 Å². The molecule has 2 atom stereocenters. The Morgan fingerprint density at radius 3 is 2.06 bits per heavy atom. The van der Waals surface area contributed by atoms with Crippen molar-refractivity contribution in [1.82, 2.24) is 0 Å². The van der Waals surface area contributed by atoms with Crippen molar-refractivity contribution >= 4 is 0 Å². The molecule has 1 fully saturated rings. The van der Waals surface area contributed by atoms with E-state index in [2.05, 4.69) is 20.8 Å². The van der Waals surface area contributed by atoms with Gasteiger partial charge in [0.1, 0.15) is 0 Å². The van der Waals surface area contributed by atoms with E-state index in [1.54, 1.807) is 12.1 Å². The van der Waals surface area contributed by atoms with Crippen molar-refractivity contribution in [3.63, 3.8) is 0 Å². The molecule has 1 nitrogen and oxygen atoms in total. The Morgan fingerprint density at radius 1 is 1.18 bits per heavy atom. The van der Waals surface area contributed by atoms with Gasteiger partial charge in [-0.2, -0.15) is 0 Å². The van der Waals surface area contributed by atoms with Crippen LogP contribution in [0.1, 0.15) is 37.8 Å². The predicted octanol–water partition coefficient (Wildman–Crippen LogP) is 3.33. The molecule has 0 spiro atoms. The number of hydrogen-bond donors (Lipinski definition) is 1. The van der Waals surface area contributed by atoms with Crippen LogP contribution in [0.15, 0.2) is 24.3 Å². The molecule has 0 unspecified atom stereocenters. The maximum atomic E-state index is 13.3. The molecule has 0 heterocycles. The van der Waals surface area contributed by atoms with E-state index in [-0.39, 0.29) is 5.41 Å². The van der Waals surface area contributed by atoms with Crippen LogP contribution < -0.4 is 0 Å². The summed E-state index contributed by atoms with van der Waals surface area (Å²) in [6.07, 6.45) is 0. The van der Waals surface area contributed by atoms with Crippen molar-refractivity contribution in [2.24, 2.45) is 5.92 Å². The van der Waals surface area contributed by atoms with Gasteiger partial charge in [0.05, 0.1) is 18.4 Å². The Hall–Kier alpha value is -0.960. The van der Waals surface area contributed by atoms with Crippen LogP contribution in [0.2, 0.25) is 0 Å². The van der Waals surface area contributed by atoms with Gasteiger partial charge in [0.15, 0.2) is 0 Å². The Kier molecular flexibility index (Phi) is 2.77.